The van der Waals surface area contributed by atoms with Gasteiger partial charge >= 0.3 is 5.97 Å². The van der Waals surface area contributed by atoms with Crippen LogP contribution in [0, 0.1) is 0 Å². The maximum atomic E-state index is 11.6. The first-order chi connectivity index (χ1) is 20.4. The number of carboxylic acids is 1. The van der Waals surface area contributed by atoms with Gasteiger partial charge in [0.25, 0.3) is 0 Å². The van der Waals surface area contributed by atoms with Crippen molar-refractivity contribution >= 4 is 39.6 Å². The molecule has 0 saturated heterocycles. The molecule has 1 fully saturated rings. The first-order valence-corrected chi connectivity index (χ1v) is 14.4. The number of nitrogens with zero attached hydrogens (tertiary/aromatic N) is 4. The summed E-state index contributed by atoms with van der Waals surface area (Å²) in [5, 5.41) is 21.4. The molecule has 0 unspecified atom stereocenters. The molecule has 3 aromatic carbocycles. The Morgan fingerprint density at radius 3 is 2.38 bits per heavy atom. The van der Waals surface area contributed by atoms with Crippen LogP contribution in [-0.4, -0.2) is 35.7 Å². The Labute approximate surface area is 247 Å². The van der Waals surface area contributed by atoms with Crippen LogP contribution >= 0.6 is 11.6 Å². The maximum absolute atomic E-state index is 11.6. The molecule has 7 rings (SSSR count). The summed E-state index contributed by atoms with van der Waals surface area (Å²) < 4.78 is 2.20. The fourth-order valence-electron chi connectivity index (χ4n) is 6.03. The number of aromatic carboxylic acids is 1. The maximum Gasteiger partial charge on any atom is 0.337 e. The average Bonchev–Trinajstić information content (AvgIpc) is 3.40. The molecule has 42 heavy (non-hydrogen) atoms. The number of phenolic OH excluding ortho intramolecular Hbond substituents is 1. The van der Waals surface area contributed by atoms with Crippen LogP contribution in [0.25, 0.3) is 55.8 Å². The number of benzene rings is 3. The number of aromatic hydroxyl groups is 1. The summed E-state index contributed by atoms with van der Waals surface area (Å²) in [4.78, 5) is 26.1. The van der Waals surface area contributed by atoms with Gasteiger partial charge in [0.05, 0.1) is 16.8 Å². The summed E-state index contributed by atoms with van der Waals surface area (Å²) >= 11 is 6.11. The number of pyridine rings is 2. The summed E-state index contributed by atoms with van der Waals surface area (Å²) in [5.74, 6) is -0.0612. The second-order valence-corrected chi connectivity index (χ2v) is 11.2. The highest BCUT2D eigenvalue weighted by atomic mass is 35.5. The van der Waals surface area contributed by atoms with E-state index in [1.807, 2.05) is 54.6 Å². The van der Waals surface area contributed by atoms with E-state index < -0.39 is 5.97 Å². The van der Waals surface area contributed by atoms with E-state index in [0.29, 0.717) is 16.2 Å². The van der Waals surface area contributed by atoms with E-state index in [1.54, 1.807) is 18.2 Å². The Hall–Kier alpha value is -4.75. The fourth-order valence-corrected chi connectivity index (χ4v) is 6.15. The fraction of sp³-hybridized carbons (Fsp3) is 0.176. The van der Waals surface area contributed by atoms with Gasteiger partial charge in [-0.1, -0.05) is 55.1 Å². The number of fused-ring (bicyclic) bond motifs is 2. The number of halogens is 1. The minimum absolute atomic E-state index is 0.127. The van der Waals surface area contributed by atoms with Crippen molar-refractivity contribution in [3.8, 4) is 39.5 Å². The van der Waals surface area contributed by atoms with Gasteiger partial charge in [0.15, 0.2) is 5.65 Å². The quantitative estimate of drug-likeness (QED) is 0.214. The topological polar surface area (TPSA) is 101 Å². The Kier molecular flexibility index (Phi) is 6.59. The number of phenols is 1. The second kappa shape index (κ2) is 10.6. The molecule has 2 N–H and O–H groups in total. The summed E-state index contributed by atoms with van der Waals surface area (Å²) in [5.41, 5.74) is 6.66. The van der Waals surface area contributed by atoms with Gasteiger partial charge in [-0.15, -0.1) is 0 Å². The third-order valence-corrected chi connectivity index (χ3v) is 8.35. The molecule has 3 heterocycles. The molecule has 0 bridgehead atoms. The normalized spacial score (nSPS) is 14.0. The third-order valence-electron chi connectivity index (χ3n) is 8.10. The number of hydrogen-bond donors (Lipinski definition) is 2. The number of rotatable bonds is 5. The number of imidazole rings is 1. The van der Waals surface area contributed by atoms with Crippen LogP contribution in [0.1, 0.15) is 48.5 Å². The van der Waals surface area contributed by atoms with Crippen molar-refractivity contribution in [2.45, 2.75) is 38.1 Å². The van der Waals surface area contributed by atoms with E-state index in [9.17, 15) is 15.0 Å². The Balaban J connectivity index is 1.33. The third kappa shape index (κ3) is 4.76. The molecule has 1 saturated carbocycles. The van der Waals surface area contributed by atoms with Crippen LogP contribution in [0.4, 0.5) is 0 Å². The number of aromatic nitrogens is 4. The SMILES string of the molecule is O=C(O)c1cnc2c(c1)nc(-c1ccc3nc(-c4cc(O)ccc4-c4ccc(Cl)cc4)ccc3c1)n2C1CCCCC1. The lowest BCUT2D eigenvalue weighted by Crippen LogP contribution is -2.14. The molecule has 0 radical (unpaired) electrons. The van der Waals surface area contributed by atoms with Crippen molar-refractivity contribution in [3.05, 3.63) is 95.6 Å². The van der Waals surface area contributed by atoms with Crippen LogP contribution in [0.15, 0.2) is 85.1 Å². The monoisotopic (exact) mass is 574 g/mol. The minimum atomic E-state index is -1.02. The molecule has 7 nitrogen and oxygen atoms in total. The van der Waals surface area contributed by atoms with Gasteiger partial charge in [0, 0.05) is 33.8 Å². The lowest BCUT2D eigenvalue weighted by atomic mass is 9.95. The highest BCUT2D eigenvalue weighted by Crippen LogP contribution is 2.38. The van der Waals surface area contributed by atoms with Crippen LogP contribution in [0.5, 0.6) is 5.75 Å². The first kappa shape index (κ1) is 26.2. The molecule has 0 aliphatic heterocycles. The van der Waals surface area contributed by atoms with Gasteiger partial charge in [-0.05, 0) is 78.6 Å². The highest BCUT2D eigenvalue weighted by Gasteiger charge is 2.24. The Morgan fingerprint density at radius 1 is 0.810 bits per heavy atom. The van der Waals surface area contributed by atoms with E-state index in [1.165, 1.54) is 12.6 Å². The van der Waals surface area contributed by atoms with Crippen molar-refractivity contribution in [3.63, 3.8) is 0 Å². The van der Waals surface area contributed by atoms with E-state index in [4.69, 9.17) is 21.6 Å². The molecule has 6 aromatic rings. The molecule has 3 aromatic heterocycles. The molecule has 0 spiro atoms. The number of hydrogen-bond acceptors (Lipinski definition) is 5. The summed E-state index contributed by atoms with van der Waals surface area (Å²) in [6.07, 6.45) is 7.01. The predicted octanol–water partition coefficient (Wildman–Crippen LogP) is 8.54. The lowest BCUT2D eigenvalue weighted by molar-refractivity contribution is 0.0696. The van der Waals surface area contributed by atoms with E-state index in [-0.39, 0.29) is 17.4 Å². The van der Waals surface area contributed by atoms with Gasteiger partial charge in [0.2, 0.25) is 0 Å². The Morgan fingerprint density at radius 2 is 1.60 bits per heavy atom. The van der Waals surface area contributed by atoms with E-state index >= 15 is 0 Å². The standard InChI is InChI=1S/C34H27ClN4O3/c35-24-10-6-20(7-11-24)27-13-12-26(40)18-28(27)30-15-8-21-16-22(9-14-29(21)37-30)32-38-31-17-23(34(41)42)19-36-33(31)39(32)25-4-2-1-3-5-25/h6-19,25,40H,1-5H2,(H,41,42). The van der Waals surface area contributed by atoms with E-state index in [2.05, 4.69) is 15.6 Å². The van der Waals surface area contributed by atoms with Crippen molar-refractivity contribution in [1.82, 2.24) is 19.5 Å². The van der Waals surface area contributed by atoms with Crippen LogP contribution in [0.3, 0.4) is 0 Å². The number of carbonyl (C=O) groups is 1. The molecule has 0 amide bonds. The molecular weight excluding hydrogens is 548 g/mol. The smallest absolute Gasteiger partial charge is 0.337 e. The van der Waals surface area contributed by atoms with Gasteiger partial charge in [-0.3, -0.25) is 0 Å². The zero-order valence-electron chi connectivity index (χ0n) is 22.7. The summed E-state index contributed by atoms with van der Waals surface area (Å²) in [7, 11) is 0. The molecule has 0 atom stereocenters. The lowest BCUT2D eigenvalue weighted by Gasteiger charge is -2.25. The second-order valence-electron chi connectivity index (χ2n) is 10.8. The van der Waals surface area contributed by atoms with Gasteiger partial charge < -0.3 is 14.8 Å². The van der Waals surface area contributed by atoms with Gasteiger partial charge in [0.1, 0.15) is 17.1 Å². The first-order valence-electron chi connectivity index (χ1n) is 14.1. The minimum Gasteiger partial charge on any atom is -0.508 e. The van der Waals surface area contributed by atoms with Gasteiger partial charge in [-0.25, -0.2) is 19.7 Å². The number of carboxylic acid groups (broad SMARTS) is 1. The molecule has 208 valence electrons. The Bertz CT molecular complexity index is 1980. The molecule has 1 aliphatic rings. The average molecular weight is 575 g/mol. The summed E-state index contributed by atoms with van der Waals surface area (Å²) in [6, 6.07) is 24.8. The predicted molar refractivity (Wildman–Crippen MR) is 165 cm³/mol. The zero-order valence-corrected chi connectivity index (χ0v) is 23.4. The van der Waals surface area contributed by atoms with E-state index in [0.717, 1.165) is 70.4 Å². The van der Waals surface area contributed by atoms with Crippen molar-refractivity contribution < 1.29 is 15.0 Å². The molecule has 8 heteroatoms. The molecule has 1 aliphatic carbocycles. The van der Waals surface area contributed by atoms with Crippen LogP contribution < -0.4 is 0 Å². The van der Waals surface area contributed by atoms with Crippen LogP contribution in [-0.2, 0) is 0 Å². The van der Waals surface area contributed by atoms with Crippen molar-refractivity contribution in [1.29, 1.82) is 0 Å². The van der Waals surface area contributed by atoms with Gasteiger partial charge in [-0.2, -0.15) is 0 Å². The highest BCUT2D eigenvalue weighted by molar-refractivity contribution is 6.30. The summed E-state index contributed by atoms with van der Waals surface area (Å²) in [6.45, 7) is 0. The van der Waals surface area contributed by atoms with Crippen LogP contribution in [0.2, 0.25) is 5.02 Å². The zero-order chi connectivity index (χ0) is 28.8. The van der Waals surface area contributed by atoms with Crippen molar-refractivity contribution in [2.24, 2.45) is 0 Å². The largest absolute Gasteiger partial charge is 0.508 e. The molecular formula is C34H27ClN4O3. The van der Waals surface area contributed by atoms with Crippen molar-refractivity contribution in [2.75, 3.05) is 0 Å².